The summed E-state index contributed by atoms with van der Waals surface area (Å²) in [5.74, 6) is -2.58. The summed E-state index contributed by atoms with van der Waals surface area (Å²) in [4.78, 5) is 59.6. The molecule has 2 unspecified atom stereocenters. The van der Waals surface area contributed by atoms with Gasteiger partial charge < -0.3 is 34.5 Å². The summed E-state index contributed by atoms with van der Waals surface area (Å²) in [6.45, 7) is 5.08. The summed E-state index contributed by atoms with van der Waals surface area (Å²) in [5.41, 5.74) is -0.164. The second kappa shape index (κ2) is 13.4. The SMILES string of the molecule is CC(C)(C)C(=O)OCc1ccc(OC2C[C@@H](O)CC(C(=O)O)O2)cc1OCCCNC(=O)CN1C(=O)C=CC1=O. The summed E-state index contributed by atoms with van der Waals surface area (Å²) < 4.78 is 22.5. The lowest BCUT2D eigenvalue weighted by atomic mass is 9.97. The number of carbonyl (C=O) groups excluding carboxylic acids is 4. The largest absolute Gasteiger partial charge is 0.493 e. The monoisotopic (exact) mass is 562 g/mol. The van der Waals surface area contributed by atoms with Crippen LogP contribution in [0, 0.1) is 5.41 Å². The highest BCUT2D eigenvalue weighted by molar-refractivity contribution is 6.14. The second-order valence-electron chi connectivity index (χ2n) is 10.4. The van der Waals surface area contributed by atoms with Gasteiger partial charge in [0.1, 0.15) is 24.7 Å². The Balaban J connectivity index is 1.59. The Morgan fingerprint density at radius 3 is 2.48 bits per heavy atom. The lowest BCUT2D eigenvalue weighted by Crippen LogP contribution is -2.42. The molecule has 0 aromatic heterocycles. The number of nitrogens with one attached hydrogen (secondary N) is 1. The fourth-order valence-corrected chi connectivity index (χ4v) is 3.74. The van der Waals surface area contributed by atoms with Gasteiger partial charge in [0.2, 0.25) is 12.2 Å². The molecule has 40 heavy (non-hydrogen) atoms. The smallest absolute Gasteiger partial charge is 0.333 e. The minimum absolute atomic E-state index is 0.0420. The average molecular weight is 563 g/mol. The molecule has 0 radical (unpaired) electrons. The summed E-state index contributed by atoms with van der Waals surface area (Å²) >= 11 is 0. The van der Waals surface area contributed by atoms with Crippen molar-refractivity contribution < 1.29 is 53.1 Å². The first-order chi connectivity index (χ1) is 18.8. The maximum atomic E-state index is 12.3. The van der Waals surface area contributed by atoms with Crippen LogP contribution in [-0.4, -0.2) is 83.0 Å². The molecule has 3 atom stereocenters. The number of ether oxygens (including phenoxy) is 4. The van der Waals surface area contributed by atoms with Gasteiger partial charge in [0, 0.05) is 43.2 Å². The summed E-state index contributed by atoms with van der Waals surface area (Å²) in [5, 5.41) is 21.9. The number of amides is 3. The van der Waals surface area contributed by atoms with Gasteiger partial charge in [-0.15, -0.1) is 0 Å². The average Bonchev–Trinajstić information content (AvgIpc) is 3.18. The molecule has 0 aliphatic carbocycles. The van der Waals surface area contributed by atoms with Crippen LogP contribution in [-0.2, 0) is 40.1 Å². The Morgan fingerprint density at radius 2 is 1.82 bits per heavy atom. The predicted octanol–water partition coefficient (Wildman–Crippen LogP) is 0.915. The Kier molecular flexibility index (Phi) is 10.2. The van der Waals surface area contributed by atoms with Crippen molar-refractivity contribution >= 4 is 29.7 Å². The fourth-order valence-electron chi connectivity index (χ4n) is 3.74. The Labute approximate surface area is 231 Å². The van der Waals surface area contributed by atoms with Crippen molar-refractivity contribution in [2.24, 2.45) is 5.41 Å². The van der Waals surface area contributed by atoms with Gasteiger partial charge in [-0.05, 0) is 39.3 Å². The first-order valence-corrected chi connectivity index (χ1v) is 12.8. The third-order valence-corrected chi connectivity index (χ3v) is 5.92. The highest BCUT2D eigenvalue weighted by Crippen LogP contribution is 2.30. The number of hydrogen-bond acceptors (Lipinski definition) is 10. The number of aliphatic hydroxyl groups excluding tert-OH is 1. The quantitative estimate of drug-likeness (QED) is 0.187. The molecule has 0 spiro atoms. The van der Waals surface area contributed by atoms with Crippen LogP contribution < -0.4 is 14.8 Å². The number of esters is 1. The van der Waals surface area contributed by atoms with E-state index in [0.717, 1.165) is 17.1 Å². The zero-order chi connectivity index (χ0) is 29.4. The van der Waals surface area contributed by atoms with Gasteiger partial charge in [0.05, 0.1) is 18.1 Å². The number of carboxylic acid groups (broad SMARTS) is 1. The number of benzene rings is 1. The third-order valence-electron chi connectivity index (χ3n) is 5.92. The van der Waals surface area contributed by atoms with Crippen molar-refractivity contribution in [1.82, 2.24) is 10.2 Å². The van der Waals surface area contributed by atoms with Gasteiger partial charge in [0.25, 0.3) is 11.8 Å². The van der Waals surface area contributed by atoms with Crippen molar-refractivity contribution in [1.29, 1.82) is 0 Å². The fraction of sp³-hybridized carbons (Fsp3) is 0.519. The summed E-state index contributed by atoms with van der Waals surface area (Å²) in [6, 6.07) is 4.76. The maximum absolute atomic E-state index is 12.3. The molecule has 1 saturated heterocycles. The molecule has 2 heterocycles. The highest BCUT2D eigenvalue weighted by atomic mass is 16.7. The molecule has 1 aromatic rings. The van der Waals surface area contributed by atoms with Crippen molar-refractivity contribution in [3.05, 3.63) is 35.9 Å². The van der Waals surface area contributed by atoms with Gasteiger partial charge in [-0.2, -0.15) is 0 Å². The Bertz CT molecular complexity index is 1140. The van der Waals surface area contributed by atoms with Crippen molar-refractivity contribution in [2.45, 2.75) is 65.1 Å². The van der Waals surface area contributed by atoms with Crippen LogP contribution in [0.15, 0.2) is 30.4 Å². The van der Waals surface area contributed by atoms with E-state index in [0.29, 0.717) is 17.7 Å². The molecule has 3 rings (SSSR count). The first kappa shape index (κ1) is 30.6. The van der Waals surface area contributed by atoms with Gasteiger partial charge >= 0.3 is 11.9 Å². The summed E-state index contributed by atoms with van der Waals surface area (Å²) in [7, 11) is 0. The van der Waals surface area contributed by atoms with Crippen molar-refractivity contribution in [2.75, 3.05) is 19.7 Å². The van der Waals surface area contributed by atoms with E-state index in [1.54, 1.807) is 32.9 Å². The first-order valence-electron chi connectivity index (χ1n) is 12.8. The van der Waals surface area contributed by atoms with Crippen LogP contribution in [0.2, 0.25) is 0 Å². The number of nitrogens with zero attached hydrogens (tertiary/aromatic N) is 1. The number of hydrogen-bond donors (Lipinski definition) is 3. The van der Waals surface area contributed by atoms with E-state index in [2.05, 4.69) is 5.32 Å². The molecule has 13 heteroatoms. The predicted molar refractivity (Wildman–Crippen MR) is 137 cm³/mol. The van der Waals surface area contributed by atoms with Gasteiger partial charge in [-0.3, -0.25) is 24.1 Å². The molecule has 3 N–H and O–H groups in total. The zero-order valence-electron chi connectivity index (χ0n) is 22.6. The molecule has 218 valence electrons. The molecule has 3 amide bonds. The lowest BCUT2D eigenvalue weighted by Gasteiger charge is -2.31. The van der Waals surface area contributed by atoms with Crippen LogP contribution in [0.3, 0.4) is 0 Å². The van der Waals surface area contributed by atoms with Gasteiger partial charge in [0.15, 0.2) is 6.10 Å². The van der Waals surface area contributed by atoms with E-state index in [4.69, 9.17) is 18.9 Å². The zero-order valence-corrected chi connectivity index (χ0v) is 22.6. The van der Waals surface area contributed by atoms with Crippen LogP contribution >= 0.6 is 0 Å². The normalized spacial score (nSPS) is 20.8. The van der Waals surface area contributed by atoms with Crippen LogP contribution in [0.25, 0.3) is 0 Å². The number of carbonyl (C=O) groups is 5. The molecular weight excluding hydrogens is 528 g/mol. The van der Waals surface area contributed by atoms with E-state index in [9.17, 15) is 34.2 Å². The third kappa shape index (κ3) is 8.78. The second-order valence-corrected chi connectivity index (χ2v) is 10.4. The summed E-state index contributed by atoms with van der Waals surface area (Å²) in [6.07, 6.45) is -0.489. The standard InChI is InChI=1S/C27H34N2O11/c1-27(2,3)26(36)38-15-16-5-6-18(39-24-12-17(30)11-20(40-24)25(34)35)13-19(16)37-10-4-9-28-21(31)14-29-22(32)7-8-23(29)33/h5-8,13,17,20,24,30H,4,9-12,14-15H2,1-3H3,(H,28,31)(H,34,35)/t17-,20?,24?/m0/s1. The highest BCUT2D eigenvalue weighted by Gasteiger charge is 2.34. The van der Waals surface area contributed by atoms with E-state index in [-0.39, 0.29) is 44.9 Å². The van der Waals surface area contributed by atoms with Gasteiger partial charge in [-0.1, -0.05) is 0 Å². The number of rotatable bonds is 12. The van der Waals surface area contributed by atoms with Crippen molar-refractivity contribution in [3.8, 4) is 11.5 Å². The van der Waals surface area contributed by atoms with E-state index >= 15 is 0 Å². The Morgan fingerprint density at radius 1 is 1.12 bits per heavy atom. The van der Waals surface area contributed by atoms with E-state index in [1.807, 2.05) is 0 Å². The maximum Gasteiger partial charge on any atom is 0.333 e. The number of carboxylic acids is 1. The molecular formula is C27H34N2O11. The molecule has 2 aliphatic rings. The molecule has 0 saturated carbocycles. The van der Waals surface area contributed by atoms with Gasteiger partial charge in [-0.25, -0.2) is 4.79 Å². The minimum Gasteiger partial charge on any atom is -0.493 e. The van der Waals surface area contributed by atoms with Crippen molar-refractivity contribution in [3.63, 3.8) is 0 Å². The molecule has 1 aromatic carbocycles. The molecule has 2 aliphatic heterocycles. The van der Waals surface area contributed by atoms with Crippen LogP contribution in [0.1, 0.15) is 45.6 Å². The van der Waals surface area contributed by atoms with E-state index < -0.39 is 53.6 Å². The molecule has 13 nitrogen and oxygen atoms in total. The number of imide groups is 1. The molecule has 1 fully saturated rings. The number of aliphatic carboxylic acids is 1. The Hall–Kier alpha value is -3.97. The topological polar surface area (TPSA) is 178 Å². The number of aliphatic hydroxyl groups is 1. The lowest BCUT2D eigenvalue weighted by molar-refractivity contribution is -0.195. The minimum atomic E-state index is -1.20. The van der Waals surface area contributed by atoms with Crippen LogP contribution in [0.5, 0.6) is 11.5 Å². The van der Waals surface area contributed by atoms with Crippen LogP contribution in [0.4, 0.5) is 0 Å². The molecule has 0 bridgehead atoms. The van der Waals surface area contributed by atoms with E-state index in [1.165, 1.54) is 6.07 Å².